The third kappa shape index (κ3) is 3.82. The van der Waals surface area contributed by atoms with Crippen LogP contribution in [0.5, 0.6) is 0 Å². The van der Waals surface area contributed by atoms with Gasteiger partial charge in [0.1, 0.15) is 0 Å². The molecule has 3 aromatic rings. The SMILES string of the molecule is C[C@H](Sc1ccc(Br)cc1)c1nnc(-c2ccc([N+](=O)[O-])cc2)o1. The van der Waals surface area contributed by atoms with E-state index in [4.69, 9.17) is 4.42 Å². The number of nitro groups is 1. The fourth-order valence-electron chi connectivity index (χ4n) is 2.01. The molecule has 0 aliphatic heterocycles. The van der Waals surface area contributed by atoms with E-state index in [0.717, 1.165) is 9.37 Å². The normalized spacial score (nSPS) is 12.1. The molecule has 2 aromatic carbocycles. The van der Waals surface area contributed by atoms with Crippen molar-refractivity contribution in [1.82, 2.24) is 10.2 Å². The van der Waals surface area contributed by atoms with Crippen molar-refractivity contribution in [3.05, 3.63) is 69.0 Å². The fraction of sp³-hybridized carbons (Fsp3) is 0.125. The van der Waals surface area contributed by atoms with E-state index in [1.807, 2.05) is 31.2 Å². The molecular formula is C16H12BrN3O3S. The van der Waals surface area contributed by atoms with E-state index in [-0.39, 0.29) is 10.9 Å². The summed E-state index contributed by atoms with van der Waals surface area (Å²) in [5.41, 5.74) is 0.679. The molecule has 0 bridgehead atoms. The summed E-state index contributed by atoms with van der Waals surface area (Å²) in [4.78, 5) is 11.3. The molecule has 0 fully saturated rings. The van der Waals surface area contributed by atoms with Crippen molar-refractivity contribution >= 4 is 33.4 Å². The lowest BCUT2D eigenvalue weighted by atomic mass is 10.2. The first kappa shape index (κ1) is 16.7. The van der Waals surface area contributed by atoms with Crippen LogP contribution >= 0.6 is 27.7 Å². The summed E-state index contributed by atoms with van der Waals surface area (Å²) < 4.78 is 6.73. The zero-order valence-electron chi connectivity index (χ0n) is 12.5. The summed E-state index contributed by atoms with van der Waals surface area (Å²) in [6, 6.07) is 14.0. The Morgan fingerprint density at radius 1 is 1.12 bits per heavy atom. The number of benzene rings is 2. The number of thioether (sulfide) groups is 1. The van der Waals surface area contributed by atoms with Crippen LogP contribution in [-0.2, 0) is 0 Å². The standard InChI is InChI=1S/C16H12BrN3O3S/c1-10(24-14-8-4-12(17)5-9-14)15-18-19-16(23-15)11-2-6-13(7-3-11)20(21)22/h2-10H,1H3/t10-/m0/s1. The molecule has 122 valence electrons. The molecule has 1 heterocycles. The number of rotatable bonds is 5. The van der Waals surface area contributed by atoms with Gasteiger partial charge < -0.3 is 4.42 Å². The zero-order chi connectivity index (χ0) is 17.1. The van der Waals surface area contributed by atoms with Gasteiger partial charge in [0.25, 0.3) is 5.69 Å². The molecule has 3 rings (SSSR count). The van der Waals surface area contributed by atoms with Crippen LogP contribution in [0.3, 0.4) is 0 Å². The lowest BCUT2D eigenvalue weighted by molar-refractivity contribution is -0.384. The molecule has 0 amide bonds. The topological polar surface area (TPSA) is 82.1 Å². The molecule has 1 atom stereocenters. The van der Waals surface area contributed by atoms with Gasteiger partial charge in [0.2, 0.25) is 11.8 Å². The van der Waals surface area contributed by atoms with Crippen molar-refractivity contribution in [2.75, 3.05) is 0 Å². The van der Waals surface area contributed by atoms with Crippen LogP contribution in [0.1, 0.15) is 18.1 Å². The van der Waals surface area contributed by atoms with Gasteiger partial charge in [-0.05, 0) is 43.3 Å². The molecule has 0 saturated carbocycles. The average Bonchev–Trinajstić information content (AvgIpc) is 3.07. The summed E-state index contributed by atoms with van der Waals surface area (Å²) in [7, 11) is 0. The minimum atomic E-state index is -0.444. The Morgan fingerprint density at radius 2 is 1.79 bits per heavy atom. The minimum Gasteiger partial charge on any atom is -0.419 e. The highest BCUT2D eigenvalue weighted by Gasteiger charge is 2.17. The molecule has 6 nitrogen and oxygen atoms in total. The number of aromatic nitrogens is 2. The van der Waals surface area contributed by atoms with Gasteiger partial charge in [-0.2, -0.15) is 0 Å². The summed E-state index contributed by atoms with van der Waals surface area (Å²) in [5.74, 6) is 0.861. The van der Waals surface area contributed by atoms with Crippen molar-refractivity contribution in [2.45, 2.75) is 17.1 Å². The maximum absolute atomic E-state index is 10.7. The molecule has 0 saturated heterocycles. The number of hydrogen-bond donors (Lipinski definition) is 0. The van der Waals surface area contributed by atoms with Gasteiger partial charge in [-0.3, -0.25) is 10.1 Å². The smallest absolute Gasteiger partial charge is 0.269 e. The molecule has 0 radical (unpaired) electrons. The van der Waals surface area contributed by atoms with Crippen molar-refractivity contribution < 1.29 is 9.34 Å². The highest BCUT2D eigenvalue weighted by Crippen LogP contribution is 2.35. The third-order valence-corrected chi connectivity index (χ3v) is 4.87. The Morgan fingerprint density at radius 3 is 2.42 bits per heavy atom. The van der Waals surface area contributed by atoms with Crippen molar-refractivity contribution in [3.63, 3.8) is 0 Å². The fourth-order valence-corrected chi connectivity index (χ4v) is 3.17. The van der Waals surface area contributed by atoms with Crippen LogP contribution in [-0.4, -0.2) is 15.1 Å². The molecular weight excluding hydrogens is 394 g/mol. The van der Waals surface area contributed by atoms with Gasteiger partial charge in [0.15, 0.2) is 0 Å². The van der Waals surface area contributed by atoms with E-state index in [1.54, 1.807) is 23.9 Å². The Hall–Kier alpha value is -2.19. The second-order valence-corrected chi connectivity index (χ2v) is 7.29. The van der Waals surface area contributed by atoms with Gasteiger partial charge in [0.05, 0.1) is 10.2 Å². The predicted octanol–water partition coefficient (Wildman–Crippen LogP) is 5.26. The molecule has 0 spiro atoms. The average molecular weight is 406 g/mol. The van der Waals surface area contributed by atoms with E-state index in [1.165, 1.54) is 12.1 Å². The van der Waals surface area contributed by atoms with Gasteiger partial charge in [-0.15, -0.1) is 22.0 Å². The highest BCUT2D eigenvalue weighted by molar-refractivity contribution is 9.10. The van der Waals surface area contributed by atoms with E-state index in [0.29, 0.717) is 17.3 Å². The molecule has 0 unspecified atom stereocenters. The lowest BCUT2D eigenvalue weighted by Crippen LogP contribution is -1.88. The quantitative estimate of drug-likeness (QED) is 0.327. The van der Waals surface area contributed by atoms with Gasteiger partial charge >= 0.3 is 0 Å². The third-order valence-electron chi connectivity index (χ3n) is 3.24. The summed E-state index contributed by atoms with van der Waals surface area (Å²) in [6.07, 6.45) is 0. The second-order valence-electron chi connectivity index (χ2n) is 4.96. The number of hydrogen-bond acceptors (Lipinski definition) is 6. The highest BCUT2D eigenvalue weighted by atomic mass is 79.9. The largest absolute Gasteiger partial charge is 0.419 e. The van der Waals surface area contributed by atoms with Crippen LogP contribution in [0.2, 0.25) is 0 Å². The maximum atomic E-state index is 10.7. The van der Waals surface area contributed by atoms with Gasteiger partial charge in [0, 0.05) is 27.1 Å². The van der Waals surface area contributed by atoms with Crippen molar-refractivity contribution in [2.24, 2.45) is 0 Å². The Bertz CT molecular complexity index is 850. The van der Waals surface area contributed by atoms with Gasteiger partial charge in [-0.25, -0.2) is 0 Å². The zero-order valence-corrected chi connectivity index (χ0v) is 15.0. The van der Waals surface area contributed by atoms with Crippen LogP contribution in [0, 0.1) is 10.1 Å². The number of non-ortho nitro benzene ring substituents is 1. The van der Waals surface area contributed by atoms with Crippen LogP contribution in [0.15, 0.2) is 62.3 Å². The molecule has 0 aliphatic rings. The van der Waals surface area contributed by atoms with Crippen LogP contribution < -0.4 is 0 Å². The molecule has 8 heteroatoms. The molecule has 1 aromatic heterocycles. The maximum Gasteiger partial charge on any atom is 0.269 e. The first-order valence-corrected chi connectivity index (χ1v) is 8.70. The number of halogens is 1. The predicted molar refractivity (Wildman–Crippen MR) is 94.8 cm³/mol. The molecule has 0 N–H and O–H groups in total. The summed E-state index contributed by atoms with van der Waals surface area (Å²) in [6.45, 7) is 1.99. The second kappa shape index (κ2) is 7.14. The lowest BCUT2D eigenvalue weighted by Gasteiger charge is -2.06. The van der Waals surface area contributed by atoms with Crippen LogP contribution in [0.4, 0.5) is 5.69 Å². The van der Waals surface area contributed by atoms with E-state index < -0.39 is 4.92 Å². The van der Waals surface area contributed by atoms with Crippen molar-refractivity contribution in [1.29, 1.82) is 0 Å². The number of nitrogens with zero attached hydrogens (tertiary/aromatic N) is 3. The number of nitro benzene ring substituents is 1. The Kier molecular flexibility index (Phi) is 4.96. The van der Waals surface area contributed by atoms with E-state index in [2.05, 4.69) is 26.1 Å². The summed E-state index contributed by atoms with van der Waals surface area (Å²) >= 11 is 5.02. The summed E-state index contributed by atoms with van der Waals surface area (Å²) in [5, 5.41) is 18.8. The van der Waals surface area contributed by atoms with E-state index in [9.17, 15) is 10.1 Å². The van der Waals surface area contributed by atoms with Crippen LogP contribution in [0.25, 0.3) is 11.5 Å². The molecule has 0 aliphatic carbocycles. The Labute approximate surface area is 150 Å². The van der Waals surface area contributed by atoms with Crippen molar-refractivity contribution in [3.8, 4) is 11.5 Å². The Balaban J connectivity index is 1.74. The monoisotopic (exact) mass is 405 g/mol. The van der Waals surface area contributed by atoms with Gasteiger partial charge in [-0.1, -0.05) is 15.9 Å². The first-order chi connectivity index (χ1) is 11.5. The molecule has 24 heavy (non-hydrogen) atoms. The van der Waals surface area contributed by atoms with E-state index >= 15 is 0 Å². The first-order valence-electron chi connectivity index (χ1n) is 7.03. The minimum absolute atomic E-state index is 0.00882.